The second-order valence-corrected chi connectivity index (χ2v) is 10.6. The highest BCUT2D eigenvalue weighted by Crippen LogP contribution is 2.46. The van der Waals surface area contributed by atoms with Gasteiger partial charge >= 0.3 is 6.18 Å². The monoisotopic (exact) mass is 515 g/mol. The standard InChI is InChI=1S/C25H34F4N4O3/c1-3-24(7-4-15(11-24)31-19-6-9-36-14-20(19)35-2)23(34)33-13-16-10-17(33)12-32(16)22-21(26)18(5-8-30-22)25(27,28)29/h5,8,15-17,19-20,31H,3-4,6-7,9-14H2,1-2H3/t15-,16+,17+,19+,20-,24+/m1/s1/i2D. The molecule has 4 aliphatic rings. The normalized spacial score (nSPS) is 34.9. The minimum absolute atomic E-state index is 0.0815. The van der Waals surface area contributed by atoms with E-state index in [4.69, 9.17) is 10.8 Å². The molecule has 1 aromatic heterocycles. The number of amides is 1. The number of pyridine rings is 1. The molecule has 5 rings (SSSR count). The van der Waals surface area contributed by atoms with E-state index >= 15 is 0 Å². The molecule has 0 radical (unpaired) electrons. The summed E-state index contributed by atoms with van der Waals surface area (Å²) in [7, 11) is -0.122. The van der Waals surface area contributed by atoms with Gasteiger partial charge < -0.3 is 24.6 Å². The van der Waals surface area contributed by atoms with Gasteiger partial charge in [0.05, 0.1) is 37.1 Å². The molecular formula is C25H34F4N4O3. The fraction of sp³-hybridized carbons (Fsp3) is 0.760. The van der Waals surface area contributed by atoms with E-state index in [1.807, 2.05) is 11.8 Å². The molecule has 3 aliphatic heterocycles. The lowest BCUT2D eigenvalue weighted by Gasteiger charge is -2.40. The Morgan fingerprint density at radius 2 is 2.19 bits per heavy atom. The largest absolute Gasteiger partial charge is 0.419 e. The minimum Gasteiger partial charge on any atom is -0.379 e. The molecule has 4 heterocycles. The Labute approximate surface area is 209 Å². The van der Waals surface area contributed by atoms with Crippen molar-refractivity contribution >= 4 is 11.7 Å². The number of alkyl halides is 3. The van der Waals surface area contributed by atoms with Crippen LogP contribution in [0.5, 0.6) is 0 Å². The molecule has 1 aromatic rings. The number of fused-ring (bicyclic) bond motifs is 2. The molecule has 11 heteroatoms. The number of carbonyl (C=O) groups excluding carboxylic acids is 1. The maximum Gasteiger partial charge on any atom is 0.419 e. The number of likely N-dealkylation sites (tertiary alicyclic amines) is 1. The van der Waals surface area contributed by atoms with Crippen LogP contribution in [0.25, 0.3) is 0 Å². The van der Waals surface area contributed by atoms with E-state index < -0.39 is 23.0 Å². The topological polar surface area (TPSA) is 66.9 Å². The summed E-state index contributed by atoms with van der Waals surface area (Å²) >= 11 is 0. The average molecular weight is 516 g/mol. The number of ether oxygens (including phenoxy) is 2. The molecular weight excluding hydrogens is 480 g/mol. The third kappa shape index (κ3) is 4.47. The van der Waals surface area contributed by atoms with E-state index in [0.29, 0.717) is 45.1 Å². The van der Waals surface area contributed by atoms with Crippen molar-refractivity contribution in [2.24, 2.45) is 5.41 Å². The molecule has 0 aromatic carbocycles. The van der Waals surface area contributed by atoms with E-state index in [1.165, 1.54) is 0 Å². The van der Waals surface area contributed by atoms with Crippen molar-refractivity contribution in [3.05, 3.63) is 23.6 Å². The summed E-state index contributed by atoms with van der Waals surface area (Å²) in [6.45, 7) is 3.76. The van der Waals surface area contributed by atoms with Gasteiger partial charge in [0.1, 0.15) is 0 Å². The first-order valence-corrected chi connectivity index (χ1v) is 12.7. The van der Waals surface area contributed by atoms with E-state index in [2.05, 4.69) is 10.3 Å². The first-order chi connectivity index (χ1) is 17.7. The summed E-state index contributed by atoms with van der Waals surface area (Å²) in [5.41, 5.74) is -1.81. The van der Waals surface area contributed by atoms with Crippen LogP contribution in [0.3, 0.4) is 0 Å². The zero-order valence-electron chi connectivity index (χ0n) is 21.4. The zero-order valence-corrected chi connectivity index (χ0v) is 20.4. The highest BCUT2D eigenvalue weighted by Gasteiger charge is 2.53. The summed E-state index contributed by atoms with van der Waals surface area (Å²) in [4.78, 5) is 21.3. The molecule has 4 fully saturated rings. The van der Waals surface area contributed by atoms with Gasteiger partial charge in [-0.15, -0.1) is 0 Å². The predicted molar refractivity (Wildman–Crippen MR) is 124 cm³/mol. The second-order valence-electron chi connectivity index (χ2n) is 10.6. The number of rotatable bonds is 6. The number of hydrogen-bond donors (Lipinski definition) is 1. The van der Waals surface area contributed by atoms with E-state index in [-0.39, 0.29) is 55.6 Å². The summed E-state index contributed by atoms with van der Waals surface area (Å²) in [6, 6.07) is 0.462. The van der Waals surface area contributed by atoms with Gasteiger partial charge in [-0.2, -0.15) is 13.2 Å². The molecule has 1 amide bonds. The van der Waals surface area contributed by atoms with Crippen molar-refractivity contribution in [2.75, 3.05) is 38.3 Å². The van der Waals surface area contributed by atoms with Gasteiger partial charge in [0.25, 0.3) is 0 Å². The second kappa shape index (κ2) is 9.72. The quantitative estimate of drug-likeness (QED) is 0.587. The summed E-state index contributed by atoms with van der Waals surface area (Å²) in [6.07, 6.45) is 0.433. The molecule has 3 saturated heterocycles. The molecule has 200 valence electrons. The van der Waals surface area contributed by atoms with E-state index in [1.54, 1.807) is 4.90 Å². The van der Waals surface area contributed by atoms with Crippen molar-refractivity contribution in [3.8, 4) is 0 Å². The third-order valence-corrected chi connectivity index (χ3v) is 8.66. The Bertz CT molecular complexity index is 999. The Kier molecular flexibility index (Phi) is 6.58. The Balaban J connectivity index is 1.24. The molecule has 6 atom stereocenters. The Hall–Kier alpha value is -1.98. The number of aromatic nitrogens is 1. The maximum atomic E-state index is 14.7. The van der Waals surface area contributed by atoms with Crippen LogP contribution in [0.15, 0.2) is 12.3 Å². The number of carbonyl (C=O) groups is 1. The number of piperazine rings is 1. The molecule has 0 spiro atoms. The van der Waals surface area contributed by atoms with Gasteiger partial charge in [-0.25, -0.2) is 9.37 Å². The van der Waals surface area contributed by atoms with E-state index in [9.17, 15) is 22.4 Å². The molecule has 1 N–H and O–H groups in total. The molecule has 1 aliphatic carbocycles. The number of nitrogens with one attached hydrogen (secondary N) is 1. The van der Waals surface area contributed by atoms with Crippen molar-refractivity contribution in [3.63, 3.8) is 0 Å². The van der Waals surface area contributed by atoms with Crippen LogP contribution in [0, 0.1) is 11.2 Å². The van der Waals surface area contributed by atoms with Crippen LogP contribution in [0.1, 0.15) is 52.4 Å². The van der Waals surface area contributed by atoms with Crippen molar-refractivity contribution < 1.29 is 33.2 Å². The predicted octanol–water partition coefficient (Wildman–Crippen LogP) is 3.37. The summed E-state index contributed by atoms with van der Waals surface area (Å²) in [5, 5.41) is 3.66. The van der Waals surface area contributed by atoms with Crippen molar-refractivity contribution in [1.29, 1.82) is 0 Å². The van der Waals surface area contributed by atoms with Crippen molar-refractivity contribution in [2.45, 2.75) is 81.9 Å². The summed E-state index contributed by atoms with van der Waals surface area (Å²) in [5.74, 6) is -1.54. The number of nitrogens with zero attached hydrogens (tertiary/aromatic N) is 3. The number of methoxy groups -OCH3 is 1. The first-order valence-electron chi connectivity index (χ1n) is 13.4. The van der Waals surface area contributed by atoms with Gasteiger partial charge in [0.15, 0.2) is 11.6 Å². The zero-order chi connectivity index (χ0) is 26.4. The first kappa shape index (κ1) is 24.4. The fourth-order valence-corrected chi connectivity index (χ4v) is 6.64. The Morgan fingerprint density at radius 3 is 2.89 bits per heavy atom. The van der Waals surface area contributed by atoms with Crippen LogP contribution >= 0.6 is 0 Å². The van der Waals surface area contributed by atoms with Crippen molar-refractivity contribution in [1.82, 2.24) is 15.2 Å². The van der Waals surface area contributed by atoms with Gasteiger partial charge in [-0.1, -0.05) is 6.92 Å². The highest BCUT2D eigenvalue weighted by molar-refractivity contribution is 5.84. The van der Waals surface area contributed by atoms with Gasteiger partial charge in [0, 0.05) is 45.1 Å². The fourth-order valence-electron chi connectivity index (χ4n) is 6.64. The lowest BCUT2D eigenvalue weighted by Crippen LogP contribution is -2.54. The van der Waals surface area contributed by atoms with Crippen LogP contribution < -0.4 is 10.2 Å². The third-order valence-electron chi connectivity index (χ3n) is 8.66. The lowest BCUT2D eigenvalue weighted by molar-refractivity contribution is -0.143. The Morgan fingerprint density at radius 1 is 1.36 bits per heavy atom. The number of halogens is 4. The number of anilines is 1. The van der Waals surface area contributed by atoms with Gasteiger partial charge in [-0.05, 0) is 44.6 Å². The molecule has 7 nitrogen and oxygen atoms in total. The van der Waals surface area contributed by atoms with Crippen LogP contribution in [-0.4, -0.2) is 79.5 Å². The highest BCUT2D eigenvalue weighted by atomic mass is 19.4. The maximum absolute atomic E-state index is 14.7. The molecule has 36 heavy (non-hydrogen) atoms. The van der Waals surface area contributed by atoms with Crippen LogP contribution in [0.4, 0.5) is 23.4 Å². The van der Waals surface area contributed by atoms with E-state index in [0.717, 1.165) is 25.5 Å². The van der Waals surface area contributed by atoms with Gasteiger partial charge in [-0.3, -0.25) is 4.79 Å². The summed E-state index contributed by atoms with van der Waals surface area (Å²) < 4.78 is 72.7. The van der Waals surface area contributed by atoms with Gasteiger partial charge in [0.2, 0.25) is 5.91 Å². The molecule has 0 unspecified atom stereocenters. The van der Waals surface area contributed by atoms with Crippen LogP contribution in [0.2, 0.25) is 0 Å². The number of hydrogen-bond acceptors (Lipinski definition) is 6. The van der Waals surface area contributed by atoms with Crippen LogP contribution in [-0.2, 0) is 20.4 Å². The lowest BCUT2D eigenvalue weighted by atomic mass is 9.81. The molecule has 2 bridgehead atoms. The smallest absolute Gasteiger partial charge is 0.379 e. The SMILES string of the molecule is [2H]CO[C@@H]1COCC[C@@H]1N[C@@H]1CC[C@](CC)(C(=O)N2C[C@@H]3C[C@H]2CN3c2nccc(C(F)(F)F)c2F)C1. The average Bonchev–Trinajstić information content (AvgIpc) is 3.59. The molecule has 1 saturated carbocycles. The minimum atomic E-state index is -4.79.